The lowest BCUT2D eigenvalue weighted by molar-refractivity contribution is -0.384. The van der Waals surface area contributed by atoms with Crippen LogP contribution in [0.25, 0.3) is 10.9 Å². The molecule has 35 heavy (non-hydrogen) atoms. The summed E-state index contributed by atoms with van der Waals surface area (Å²) in [5.41, 5.74) is 1.07. The van der Waals surface area contributed by atoms with Crippen molar-refractivity contribution in [1.29, 1.82) is 0 Å². The number of carbonyl (C=O) groups is 1. The van der Waals surface area contributed by atoms with Crippen LogP contribution >= 0.6 is 11.6 Å². The van der Waals surface area contributed by atoms with Crippen molar-refractivity contribution < 1.29 is 29.0 Å². The van der Waals surface area contributed by atoms with E-state index < -0.39 is 17.0 Å². The number of hydrogen-bond donors (Lipinski definition) is 1. The number of fused-ring (bicyclic) bond motifs is 1. The lowest BCUT2D eigenvalue weighted by Crippen LogP contribution is -2.18. The van der Waals surface area contributed by atoms with Gasteiger partial charge in [-0.05, 0) is 42.5 Å². The summed E-state index contributed by atoms with van der Waals surface area (Å²) in [6, 6.07) is 17.4. The van der Waals surface area contributed by atoms with Gasteiger partial charge in [0.25, 0.3) is 5.69 Å². The third-order valence-electron chi connectivity index (χ3n) is 5.17. The highest BCUT2D eigenvalue weighted by molar-refractivity contribution is 6.30. The summed E-state index contributed by atoms with van der Waals surface area (Å²) in [6.45, 7) is 0.515. The number of nitro groups is 1. The third kappa shape index (κ3) is 5.44. The van der Waals surface area contributed by atoms with Gasteiger partial charge in [0, 0.05) is 22.7 Å². The second-order valence-corrected chi connectivity index (χ2v) is 7.83. The Balaban J connectivity index is 1.58. The van der Waals surface area contributed by atoms with Crippen LogP contribution < -0.4 is 14.2 Å². The maximum atomic E-state index is 12.0. The minimum atomic E-state index is -1.30. The zero-order valence-corrected chi connectivity index (χ0v) is 19.2. The van der Waals surface area contributed by atoms with Gasteiger partial charge in [0.2, 0.25) is 12.0 Å². The zero-order valence-electron chi connectivity index (χ0n) is 18.5. The third-order valence-corrected chi connectivity index (χ3v) is 5.42. The van der Waals surface area contributed by atoms with Crippen molar-refractivity contribution in [3.63, 3.8) is 0 Å². The quantitative estimate of drug-likeness (QED) is 0.242. The van der Waals surface area contributed by atoms with Gasteiger partial charge in [0.1, 0.15) is 18.1 Å². The van der Waals surface area contributed by atoms with Gasteiger partial charge in [-0.1, -0.05) is 23.7 Å². The molecule has 0 saturated carbocycles. The van der Waals surface area contributed by atoms with Crippen LogP contribution in [0.3, 0.4) is 0 Å². The number of non-ortho nitro benzene ring substituents is 1. The number of nitrogens with zero attached hydrogens (tertiary/aromatic N) is 3. The fourth-order valence-electron chi connectivity index (χ4n) is 3.44. The summed E-state index contributed by atoms with van der Waals surface area (Å²) < 4.78 is 18.5. The van der Waals surface area contributed by atoms with E-state index in [4.69, 9.17) is 25.8 Å². The molecule has 3 aromatic carbocycles. The minimum absolute atomic E-state index is 0.0279. The normalized spacial score (nSPS) is 11.7. The zero-order chi connectivity index (χ0) is 24.9. The van der Waals surface area contributed by atoms with E-state index in [0.717, 1.165) is 0 Å². The van der Waals surface area contributed by atoms with Gasteiger partial charge in [0.15, 0.2) is 0 Å². The highest BCUT2D eigenvalue weighted by Crippen LogP contribution is 2.32. The maximum absolute atomic E-state index is 12.0. The van der Waals surface area contributed by atoms with Crippen molar-refractivity contribution in [3.8, 4) is 17.4 Å². The second-order valence-electron chi connectivity index (χ2n) is 7.40. The van der Waals surface area contributed by atoms with Crippen LogP contribution in [0, 0.1) is 10.1 Å². The van der Waals surface area contributed by atoms with Crippen LogP contribution in [0.4, 0.5) is 5.69 Å². The molecule has 1 heterocycles. The maximum Gasteiger partial charge on any atom is 0.349 e. The van der Waals surface area contributed by atoms with Crippen molar-refractivity contribution in [2.45, 2.75) is 12.6 Å². The lowest BCUT2D eigenvalue weighted by Gasteiger charge is -2.14. The van der Waals surface area contributed by atoms with Crippen LogP contribution in [0.2, 0.25) is 5.02 Å². The Hall–Kier alpha value is -4.31. The molecular formula is C24H20ClN3O7. The van der Waals surface area contributed by atoms with E-state index in [2.05, 4.69) is 5.10 Å². The van der Waals surface area contributed by atoms with E-state index in [9.17, 15) is 20.0 Å². The standard InChI is InChI=1S/C24H20ClN3O7/c1-33-19-10-11-21-20(14-19)23(35-22(24(29)30)15-2-4-16(25)5-3-15)26-27(21)12-13-34-18-8-6-17(7-9-18)28(31)32/h2-11,14,22H,12-13H2,1H3,(H,29,30). The summed E-state index contributed by atoms with van der Waals surface area (Å²) >= 11 is 5.93. The molecule has 0 radical (unpaired) electrons. The number of nitro benzene ring substituents is 1. The molecule has 0 aliphatic heterocycles. The summed E-state index contributed by atoms with van der Waals surface area (Å²) in [5, 5.41) is 26.1. The summed E-state index contributed by atoms with van der Waals surface area (Å²) in [7, 11) is 1.53. The molecule has 1 aromatic heterocycles. The number of aliphatic carboxylic acids is 1. The molecule has 4 aromatic rings. The SMILES string of the molecule is COc1ccc2c(c1)c(OC(C(=O)O)c1ccc(Cl)cc1)nn2CCOc1ccc([N+](=O)[O-])cc1. The molecular weight excluding hydrogens is 478 g/mol. The molecule has 0 saturated heterocycles. The van der Waals surface area contributed by atoms with Crippen molar-refractivity contribution in [1.82, 2.24) is 9.78 Å². The van der Waals surface area contributed by atoms with Crippen molar-refractivity contribution >= 4 is 34.2 Å². The van der Waals surface area contributed by atoms with Crippen LogP contribution in [0.5, 0.6) is 17.4 Å². The number of methoxy groups -OCH3 is 1. The smallest absolute Gasteiger partial charge is 0.349 e. The van der Waals surface area contributed by atoms with E-state index in [-0.39, 0.29) is 18.2 Å². The van der Waals surface area contributed by atoms with E-state index >= 15 is 0 Å². The Morgan fingerprint density at radius 1 is 1.11 bits per heavy atom. The fraction of sp³-hybridized carbons (Fsp3) is 0.167. The van der Waals surface area contributed by atoms with Crippen molar-refractivity contribution in [2.75, 3.05) is 13.7 Å². The van der Waals surface area contributed by atoms with E-state index in [1.165, 1.54) is 31.4 Å². The van der Waals surface area contributed by atoms with Crippen molar-refractivity contribution in [2.24, 2.45) is 0 Å². The molecule has 0 fully saturated rings. The molecule has 0 aliphatic rings. The molecule has 0 spiro atoms. The molecule has 0 aliphatic carbocycles. The van der Waals surface area contributed by atoms with E-state index in [1.807, 2.05) is 0 Å². The van der Waals surface area contributed by atoms with Gasteiger partial charge in [-0.3, -0.25) is 14.8 Å². The van der Waals surface area contributed by atoms with Crippen LogP contribution in [-0.2, 0) is 11.3 Å². The number of carboxylic acids is 1. The number of hydrogen-bond acceptors (Lipinski definition) is 7. The highest BCUT2D eigenvalue weighted by Gasteiger charge is 2.25. The van der Waals surface area contributed by atoms with E-state index in [1.54, 1.807) is 47.1 Å². The average molecular weight is 498 g/mol. The summed E-state index contributed by atoms with van der Waals surface area (Å²) in [6.07, 6.45) is -1.30. The molecule has 1 atom stereocenters. The van der Waals surface area contributed by atoms with Crippen LogP contribution in [0.15, 0.2) is 66.7 Å². The fourth-order valence-corrected chi connectivity index (χ4v) is 3.56. The summed E-state index contributed by atoms with van der Waals surface area (Å²) in [5.74, 6) is -0.0303. The number of benzene rings is 3. The largest absolute Gasteiger partial charge is 0.497 e. The molecule has 4 rings (SSSR count). The van der Waals surface area contributed by atoms with Crippen molar-refractivity contribution in [3.05, 3.63) is 87.4 Å². The topological polar surface area (TPSA) is 126 Å². The Morgan fingerprint density at radius 3 is 2.43 bits per heavy atom. The van der Waals surface area contributed by atoms with Gasteiger partial charge in [-0.25, -0.2) is 4.79 Å². The first kappa shape index (κ1) is 23.8. The Kier molecular flexibility index (Phi) is 7.02. The number of aromatic nitrogens is 2. The van der Waals surface area contributed by atoms with Crippen LogP contribution in [0.1, 0.15) is 11.7 Å². The molecule has 11 heteroatoms. The predicted octanol–water partition coefficient (Wildman–Crippen LogP) is 4.89. The predicted molar refractivity (Wildman–Crippen MR) is 127 cm³/mol. The number of ether oxygens (including phenoxy) is 3. The van der Waals surface area contributed by atoms with Crippen LogP contribution in [-0.4, -0.2) is 39.5 Å². The Bertz CT molecular complexity index is 1350. The Morgan fingerprint density at radius 2 is 1.80 bits per heavy atom. The minimum Gasteiger partial charge on any atom is -0.497 e. The first-order chi connectivity index (χ1) is 16.9. The first-order valence-electron chi connectivity index (χ1n) is 10.4. The second kappa shape index (κ2) is 10.3. The monoisotopic (exact) mass is 497 g/mol. The molecule has 0 amide bonds. The van der Waals surface area contributed by atoms with Gasteiger partial charge in [-0.2, -0.15) is 0 Å². The van der Waals surface area contributed by atoms with Gasteiger partial charge >= 0.3 is 5.97 Å². The lowest BCUT2D eigenvalue weighted by atomic mass is 10.1. The molecule has 1 N–H and O–H groups in total. The number of halogens is 1. The van der Waals surface area contributed by atoms with Gasteiger partial charge in [0.05, 0.1) is 29.5 Å². The molecule has 10 nitrogen and oxygen atoms in total. The highest BCUT2D eigenvalue weighted by atomic mass is 35.5. The molecule has 180 valence electrons. The van der Waals surface area contributed by atoms with Gasteiger partial charge in [-0.15, -0.1) is 5.10 Å². The Labute approximate surface area is 204 Å². The molecule has 1 unspecified atom stereocenters. The molecule has 0 bridgehead atoms. The average Bonchev–Trinajstić information content (AvgIpc) is 3.19. The van der Waals surface area contributed by atoms with E-state index in [0.29, 0.717) is 39.5 Å². The number of rotatable bonds is 10. The number of carboxylic acid groups (broad SMARTS) is 1. The van der Waals surface area contributed by atoms with Gasteiger partial charge < -0.3 is 19.3 Å². The first-order valence-corrected chi connectivity index (χ1v) is 10.8. The summed E-state index contributed by atoms with van der Waals surface area (Å²) in [4.78, 5) is 22.3.